The van der Waals surface area contributed by atoms with Crippen molar-refractivity contribution in [1.82, 2.24) is 9.29 Å². The second-order valence-corrected chi connectivity index (χ2v) is 8.54. The van der Waals surface area contributed by atoms with Gasteiger partial charge in [-0.2, -0.15) is 0 Å². The van der Waals surface area contributed by atoms with Crippen LogP contribution in [0.25, 0.3) is 0 Å². The van der Waals surface area contributed by atoms with Gasteiger partial charge in [0.25, 0.3) is 0 Å². The van der Waals surface area contributed by atoms with E-state index >= 15 is 0 Å². The molecule has 2 aliphatic heterocycles. The first-order chi connectivity index (χ1) is 11.0. The molecular formula is C16H24N2O4S. The fourth-order valence-electron chi connectivity index (χ4n) is 3.59. The van der Waals surface area contributed by atoms with Crippen LogP contribution in [0, 0.1) is 5.41 Å². The molecule has 0 bridgehead atoms. The highest BCUT2D eigenvalue weighted by Gasteiger charge is 2.47. The van der Waals surface area contributed by atoms with E-state index in [1.807, 2.05) is 12.1 Å². The monoisotopic (exact) mass is 340 g/mol. The van der Waals surface area contributed by atoms with Gasteiger partial charge >= 0.3 is 0 Å². The standard InChI is InChI=1S/C16H24N2O4S/c1-23(19,20)18-9-5-15-16(12-18,6-2-10-22-15)13-21-11-14-3-7-17-8-4-14/h3-4,7-8,15H,2,5-6,9-13H2,1H3/t15-,16+/m0/s1. The average Bonchev–Trinajstić information content (AvgIpc) is 2.54. The number of hydrogen-bond acceptors (Lipinski definition) is 5. The van der Waals surface area contributed by atoms with E-state index in [-0.39, 0.29) is 11.5 Å². The van der Waals surface area contributed by atoms with Gasteiger partial charge in [0.1, 0.15) is 0 Å². The van der Waals surface area contributed by atoms with E-state index in [1.165, 1.54) is 6.26 Å². The zero-order chi connectivity index (χ0) is 16.3. The molecule has 6 nitrogen and oxygen atoms in total. The first-order valence-electron chi connectivity index (χ1n) is 8.03. The van der Waals surface area contributed by atoms with E-state index in [2.05, 4.69) is 4.98 Å². The Kier molecular flexibility index (Phi) is 5.01. The minimum absolute atomic E-state index is 0.0895. The molecule has 2 atom stereocenters. The van der Waals surface area contributed by atoms with E-state index in [0.717, 1.165) is 31.4 Å². The van der Waals surface area contributed by atoms with Crippen molar-refractivity contribution in [3.63, 3.8) is 0 Å². The lowest BCUT2D eigenvalue weighted by Crippen LogP contribution is -2.57. The van der Waals surface area contributed by atoms with E-state index in [1.54, 1.807) is 16.7 Å². The molecule has 0 radical (unpaired) electrons. The Balaban J connectivity index is 1.68. The molecule has 2 saturated heterocycles. The summed E-state index contributed by atoms with van der Waals surface area (Å²) >= 11 is 0. The zero-order valence-electron chi connectivity index (χ0n) is 13.5. The smallest absolute Gasteiger partial charge is 0.211 e. The lowest BCUT2D eigenvalue weighted by molar-refractivity contribution is -0.144. The number of ether oxygens (including phenoxy) is 2. The van der Waals surface area contributed by atoms with Crippen molar-refractivity contribution in [2.45, 2.75) is 32.0 Å². The molecule has 2 fully saturated rings. The quantitative estimate of drug-likeness (QED) is 0.811. The van der Waals surface area contributed by atoms with Gasteiger partial charge in [0, 0.05) is 37.5 Å². The molecule has 0 amide bonds. The van der Waals surface area contributed by atoms with E-state index < -0.39 is 10.0 Å². The predicted octanol–water partition coefficient (Wildman–Crippen LogP) is 1.43. The molecule has 3 heterocycles. The summed E-state index contributed by atoms with van der Waals surface area (Å²) in [5.74, 6) is 0. The highest BCUT2D eigenvalue weighted by molar-refractivity contribution is 7.88. The minimum atomic E-state index is -3.18. The van der Waals surface area contributed by atoms with Crippen molar-refractivity contribution in [3.8, 4) is 0 Å². The zero-order valence-corrected chi connectivity index (χ0v) is 14.3. The molecule has 0 aromatic carbocycles. The molecule has 23 heavy (non-hydrogen) atoms. The molecule has 2 aliphatic rings. The largest absolute Gasteiger partial charge is 0.377 e. The number of fused-ring (bicyclic) bond motifs is 1. The Morgan fingerprint density at radius 2 is 2.22 bits per heavy atom. The highest BCUT2D eigenvalue weighted by atomic mass is 32.2. The summed E-state index contributed by atoms with van der Waals surface area (Å²) in [5.41, 5.74) is 0.840. The van der Waals surface area contributed by atoms with Gasteiger partial charge < -0.3 is 9.47 Å². The van der Waals surface area contributed by atoms with Crippen molar-refractivity contribution in [2.24, 2.45) is 5.41 Å². The van der Waals surface area contributed by atoms with Crippen molar-refractivity contribution >= 4 is 10.0 Å². The van der Waals surface area contributed by atoms with Crippen LogP contribution in [0.5, 0.6) is 0 Å². The van der Waals surface area contributed by atoms with Crippen molar-refractivity contribution in [2.75, 3.05) is 32.6 Å². The summed E-state index contributed by atoms with van der Waals surface area (Å²) in [7, 11) is -3.18. The van der Waals surface area contributed by atoms with Crippen LogP contribution in [-0.2, 0) is 26.1 Å². The molecule has 128 valence electrons. The minimum Gasteiger partial charge on any atom is -0.377 e. The summed E-state index contributed by atoms with van der Waals surface area (Å²) in [6.07, 6.45) is 7.50. The van der Waals surface area contributed by atoms with Crippen molar-refractivity contribution < 1.29 is 17.9 Å². The van der Waals surface area contributed by atoms with E-state index in [9.17, 15) is 8.42 Å². The van der Waals surface area contributed by atoms with Crippen molar-refractivity contribution in [1.29, 1.82) is 0 Å². The fraction of sp³-hybridized carbons (Fsp3) is 0.688. The highest BCUT2D eigenvalue weighted by Crippen LogP contribution is 2.41. The summed E-state index contributed by atoms with van der Waals surface area (Å²) in [6.45, 7) is 2.82. The fourth-order valence-corrected chi connectivity index (χ4v) is 4.52. The second-order valence-electron chi connectivity index (χ2n) is 6.56. The number of sulfonamides is 1. The number of hydrogen-bond donors (Lipinski definition) is 0. The summed E-state index contributed by atoms with van der Waals surface area (Å²) < 4.78 is 37.3. The summed E-state index contributed by atoms with van der Waals surface area (Å²) in [6, 6.07) is 3.85. The van der Waals surface area contributed by atoms with Gasteiger partial charge in [-0.1, -0.05) is 0 Å². The molecule has 3 rings (SSSR count). The normalized spacial score (nSPS) is 29.2. The topological polar surface area (TPSA) is 68.7 Å². The van der Waals surface area contributed by atoms with Crippen LogP contribution in [0.15, 0.2) is 24.5 Å². The molecule has 0 saturated carbocycles. The molecule has 7 heteroatoms. The summed E-state index contributed by atoms with van der Waals surface area (Å²) in [4.78, 5) is 4.00. The molecule has 0 spiro atoms. The van der Waals surface area contributed by atoms with Crippen LogP contribution in [0.3, 0.4) is 0 Å². The molecular weight excluding hydrogens is 316 g/mol. The van der Waals surface area contributed by atoms with Gasteiger partial charge in [-0.15, -0.1) is 0 Å². The number of aromatic nitrogens is 1. The molecule has 0 N–H and O–H groups in total. The van der Waals surface area contributed by atoms with Crippen LogP contribution in [0.4, 0.5) is 0 Å². The van der Waals surface area contributed by atoms with Gasteiger partial charge in [0.2, 0.25) is 10.0 Å². The lowest BCUT2D eigenvalue weighted by atomic mass is 9.73. The Morgan fingerprint density at radius 1 is 1.43 bits per heavy atom. The Morgan fingerprint density at radius 3 is 2.96 bits per heavy atom. The first-order valence-corrected chi connectivity index (χ1v) is 9.88. The van der Waals surface area contributed by atoms with Gasteiger partial charge in [-0.05, 0) is 37.0 Å². The number of nitrogens with zero attached hydrogens (tertiary/aromatic N) is 2. The SMILES string of the molecule is CS(=O)(=O)N1CC[C@@H]2OCCC[C@]2(COCc2ccncc2)C1. The van der Waals surface area contributed by atoms with Crippen LogP contribution in [0.1, 0.15) is 24.8 Å². The maximum absolute atomic E-state index is 11.9. The van der Waals surface area contributed by atoms with E-state index in [4.69, 9.17) is 9.47 Å². The molecule has 0 unspecified atom stereocenters. The average molecular weight is 340 g/mol. The van der Waals surface area contributed by atoms with Gasteiger partial charge in [-0.25, -0.2) is 12.7 Å². The number of rotatable bonds is 5. The number of piperidine rings is 1. The second kappa shape index (κ2) is 6.84. The summed E-state index contributed by atoms with van der Waals surface area (Å²) in [5, 5.41) is 0. The van der Waals surface area contributed by atoms with Crippen LogP contribution >= 0.6 is 0 Å². The Hall–Kier alpha value is -1.02. The lowest BCUT2D eigenvalue weighted by Gasteiger charge is -2.49. The van der Waals surface area contributed by atoms with Gasteiger partial charge in [0.15, 0.2) is 0 Å². The van der Waals surface area contributed by atoms with Crippen molar-refractivity contribution in [3.05, 3.63) is 30.1 Å². The molecule has 1 aromatic rings. The Labute approximate surface area is 137 Å². The maximum atomic E-state index is 11.9. The van der Waals surface area contributed by atoms with Crippen LogP contribution in [0.2, 0.25) is 0 Å². The molecule has 1 aromatic heterocycles. The van der Waals surface area contributed by atoms with E-state index in [0.29, 0.717) is 26.3 Å². The third-order valence-corrected chi connectivity index (χ3v) is 6.08. The van der Waals surface area contributed by atoms with Crippen LogP contribution < -0.4 is 0 Å². The first kappa shape index (κ1) is 16.8. The molecule has 0 aliphatic carbocycles. The number of pyridine rings is 1. The van der Waals surface area contributed by atoms with Crippen LogP contribution in [-0.4, -0.2) is 56.4 Å². The van der Waals surface area contributed by atoms with Gasteiger partial charge in [-0.3, -0.25) is 4.98 Å². The predicted molar refractivity (Wildman–Crippen MR) is 86.3 cm³/mol. The maximum Gasteiger partial charge on any atom is 0.211 e. The third-order valence-electron chi connectivity index (χ3n) is 4.83. The van der Waals surface area contributed by atoms with Gasteiger partial charge in [0.05, 0.1) is 25.6 Å². The third kappa shape index (κ3) is 3.91. The Bertz CT molecular complexity index is 622.